The first-order valence-corrected chi connectivity index (χ1v) is 42.9. The molecule has 24 aromatic rings. The van der Waals surface area contributed by atoms with Crippen LogP contribution in [0.1, 0.15) is 25.0 Å². The Bertz CT molecular complexity index is 8270. The zero-order valence-corrected chi connectivity index (χ0v) is 66.9. The van der Waals surface area contributed by atoms with Gasteiger partial charge in [0, 0.05) is 38.3 Å². The molecule has 0 spiro atoms. The van der Waals surface area contributed by atoms with E-state index in [0.717, 1.165) is 31.6 Å². The highest BCUT2D eigenvalue weighted by Gasteiger charge is 2.35. The molecule has 2 aliphatic carbocycles. The van der Waals surface area contributed by atoms with Crippen LogP contribution >= 0.6 is 34.0 Å². The Morgan fingerprint density at radius 2 is 0.500 bits per heavy atom. The standard InChI is InChI=1S/C39H23NS.C37H21NS.C36H25NS/c1-2-8-26(9-3-1)39-40-36-21-19-25-16-14-24-15-17-27(22-34(24)37(25)38(36)41-39)28-18-20-33-31-12-5-4-10-29(31)30-11-6-7-13-32(30)35(33)23-28;1-2-7-24(8-3-1)37-38-33-20-17-23-15-13-22-14-16-25(21-32(22)34(23)36(33)39-37)26-18-19-31-28-10-5-4-9-27(28)30-12-6-11-29(26)35(30)31;1-36(2)30-11-7-6-10-27(30)28-18-16-26(21-31(28)36)25-15-13-22-12-14-23-17-19-32-34(33(23)29(22)20-25)38-35(37-32)24-8-4-3-5-9-24/h1-23H;1-21H;3-21H,1-2H3. The minimum absolute atomic E-state index is 0.00583. The fourth-order valence-electron chi connectivity index (χ4n) is 19.2. The lowest BCUT2D eigenvalue weighted by Crippen LogP contribution is -2.14. The molecule has 6 heteroatoms. The zero-order chi connectivity index (χ0) is 77.8. The van der Waals surface area contributed by atoms with Gasteiger partial charge in [-0.1, -0.05) is 347 Å². The van der Waals surface area contributed by atoms with Gasteiger partial charge < -0.3 is 0 Å². The molecule has 3 heterocycles. The van der Waals surface area contributed by atoms with Crippen molar-refractivity contribution in [2.75, 3.05) is 0 Å². The van der Waals surface area contributed by atoms with E-state index in [9.17, 15) is 0 Å². The Balaban J connectivity index is 0.000000101. The quantitative estimate of drug-likeness (QED) is 0.156. The maximum Gasteiger partial charge on any atom is 0.124 e. The van der Waals surface area contributed by atoms with Crippen molar-refractivity contribution in [2.45, 2.75) is 19.3 Å². The van der Waals surface area contributed by atoms with E-state index in [2.05, 4.69) is 396 Å². The Labute approximate surface area is 693 Å². The van der Waals surface area contributed by atoms with Gasteiger partial charge in [0.25, 0.3) is 0 Å². The number of rotatable bonds is 6. The molecule has 26 rings (SSSR count). The number of thiazole rings is 3. The number of aromatic nitrogens is 3. The predicted molar refractivity (Wildman–Crippen MR) is 509 cm³/mol. The molecular formula is C112H69N3S3. The first-order chi connectivity index (χ1) is 58.2. The summed E-state index contributed by atoms with van der Waals surface area (Å²) in [5.41, 5.74) is 25.1. The number of fused-ring (bicyclic) bond motifs is 27. The lowest BCUT2D eigenvalue weighted by Gasteiger charge is -2.22. The molecule has 0 saturated heterocycles. The minimum atomic E-state index is -0.00583. The van der Waals surface area contributed by atoms with E-state index >= 15 is 0 Å². The van der Waals surface area contributed by atoms with Crippen LogP contribution in [0.2, 0.25) is 0 Å². The third-order valence-electron chi connectivity index (χ3n) is 25.0. The Kier molecular flexibility index (Phi) is 15.6. The van der Waals surface area contributed by atoms with Crippen LogP contribution in [0.15, 0.2) is 382 Å². The normalized spacial score (nSPS) is 12.6. The lowest BCUT2D eigenvalue weighted by molar-refractivity contribution is 0.660. The van der Waals surface area contributed by atoms with Crippen LogP contribution in [0.25, 0.3) is 237 Å². The van der Waals surface area contributed by atoms with Crippen LogP contribution in [0.4, 0.5) is 0 Å². The molecule has 0 saturated carbocycles. The molecule has 0 aliphatic heterocycles. The van der Waals surface area contributed by atoms with Crippen molar-refractivity contribution >= 4 is 172 Å². The van der Waals surface area contributed by atoms with Gasteiger partial charge in [-0.25, -0.2) is 15.0 Å². The van der Waals surface area contributed by atoms with Crippen LogP contribution in [0.3, 0.4) is 0 Å². The monoisotopic (exact) mass is 1550 g/mol. The van der Waals surface area contributed by atoms with Crippen molar-refractivity contribution in [3.63, 3.8) is 0 Å². The number of hydrogen-bond donors (Lipinski definition) is 0. The lowest BCUT2D eigenvalue weighted by atomic mass is 9.81. The van der Waals surface area contributed by atoms with Gasteiger partial charge in [0.2, 0.25) is 0 Å². The maximum atomic E-state index is 5.03. The second-order valence-electron chi connectivity index (χ2n) is 31.9. The van der Waals surface area contributed by atoms with Crippen LogP contribution in [0, 0.1) is 0 Å². The van der Waals surface area contributed by atoms with E-state index in [1.807, 2.05) is 0 Å². The van der Waals surface area contributed by atoms with Crippen LogP contribution in [-0.2, 0) is 5.41 Å². The molecule has 550 valence electrons. The van der Waals surface area contributed by atoms with E-state index in [1.54, 1.807) is 34.0 Å². The third-order valence-corrected chi connectivity index (χ3v) is 28.4. The summed E-state index contributed by atoms with van der Waals surface area (Å²) in [7, 11) is 0. The van der Waals surface area contributed by atoms with E-state index in [-0.39, 0.29) is 5.41 Å². The van der Waals surface area contributed by atoms with Crippen LogP contribution in [-0.4, -0.2) is 15.0 Å². The van der Waals surface area contributed by atoms with Gasteiger partial charge in [0.05, 0.1) is 30.6 Å². The molecule has 3 nitrogen and oxygen atoms in total. The van der Waals surface area contributed by atoms with Gasteiger partial charge in [-0.05, 0) is 218 Å². The Morgan fingerprint density at radius 3 is 0.992 bits per heavy atom. The summed E-state index contributed by atoms with van der Waals surface area (Å²) < 4.78 is 3.76. The Morgan fingerprint density at radius 1 is 0.186 bits per heavy atom. The van der Waals surface area contributed by atoms with Crippen molar-refractivity contribution in [1.82, 2.24) is 15.0 Å². The van der Waals surface area contributed by atoms with Gasteiger partial charge >= 0.3 is 0 Å². The summed E-state index contributed by atoms with van der Waals surface area (Å²) in [6.07, 6.45) is 0. The molecule has 2 aliphatic rings. The van der Waals surface area contributed by atoms with Crippen molar-refractivity contribution < 1.29 is 0 Å². The molecule has 21 aromatic carbocycles. The van der Waals surface area contributed by atoms with Gasteiger partial charge in [0.1, 0.15) is 15.0 Å². The molecule has 0 radical (unpaired) electrons. The summed E-state index contributed by atoms with van der Waals surface area (Å²) in [6, 6.07) is 139. The second-order valence-corrected chi connectivity index (χ2v) is 34.9. The molecule has 0 bridgehead atoms. The first kappa shape index (κ1) is 68.3. The van der Waals surface area contributed by atoms with Crippen molar-refractivity contribution in [3.05, 3.63) is 393 Å². The average molecular weight is 1550 g/mol. The van der Waals surface area contributed by atoms with E-state index in [1.165, 1.54) is 216 Å². The number of nitrogens with zero attached hydrogens (tertiary/aromatic N) is 3. The molecule has 0 atom stereocenters. The topological polar surface area (TPSA) is 38.7 Å². The second kappa shape index (κ2) is 27.0. The van der Waals surface area contributed by atoms with Gasteiger partial charge in [-0.3, -0.25) is 0 Å². The van der Waals surface area contributed by atoms with E-state index < -0.39 is 0 Å². The predicted octanol–water partition coefficient (Wildman–Crippen LogP) is 32.4. The van der Waals surface area contributed by atoms with Gasteiger partial charge in [-0.2, -0.15) is 0 Å². The summed E-state index contributed by atoms with van der Waals surface area (Å²) in [6.45, 7) is 4.69. The number of benzene rings is 21. The largest absolute Gasteiger partial charge is 0.236 e. The summed E-state index contributed by atoms with van der Waals surface area (Å²) in [4.78, 5) is 15.1. The number of hydrogen-bond acceptors (Lipinski definition) is 6. The van der Waals surface area contributed by atoms with Crippen molar-refractivity contribution in [2.24, 2.45) is 0 Å². The maximum absolute atomic E-state index is 5.03. The average Bonchev–Trinajstić information content (AvgIpc) is 1.50. The first-order valence-electron chi connectivity index (χ1n) is 40.4. The molecule has 0 amide bonds. The summed E-state index contributed by atoms with van der Waals surface area (Å²) in [5.74, 6) is 0. The summed E-state index contributed by atoms with van der Waals surface area (Å²) in [5, 5.41) is 29.0. The molecular weight excluding hydrogens is 1480 g/mol. The minimum Gasteiger partial charge on any atom is -0.236 e. The van der Waals surface area contributed by atoms with Crippen molar-refractivity contribution in [1.29, 1.82) is 0 Å². The highest BCUT2D eigenvalue weighted by atomic mass is 32.1. The third kappa shape index (κ3) is 10.9. The SMILES string of the molecule is CC1(C)c2ccccc2-c2ccc(-c3ccc4ccc5ccc6nc(-c7ccccc7)sc6c5c4c3)cc21.c1ccc(-c2nc3ccc4ccc5ccc(-c6ccc7c8c(cccc68)-c6ccccc6-7)cc5c4c3s2)cc1.c1ccc(-c2nc3ccc4ccc5ccc(-c6ccc7c8ccccc8c8ccccc8c7c6)cc5c4c3s2)cc1. The molecule has 3 aromatic heterocycles. The molecule has 0 unspecified atom stereocenters. The fraction of sp³-hybridized carbons (Fsp3) is 0.0268. The van der Waals surface area contributed by atoms with E-state index in [0.29, 0.717) is 0 Å². The highest BCUT2D eigenvalue weighted by molar-refractivity contribution is 7.23. The highest BCUT2D eigenvalue weighted by Crippen LogP contribution is 2.53. The van der Waals surface area contributed by atoms with Gasteiger partial charge in [0.15, 0.2) is 0 Å². The van der Waals surface area contributed by atoms with Crippen molar-refractivity contribution in [3.8, 4) is 98.5 Å². The fourth-order valence-corrected chi connectivity index (χ4v) is 22.7. The molecule has 0 N–H and O–H groups in total. The molecule has 0 fully saturated rings. The smallest absolute Gasteiger partial charge is 0.124 e. The van der Waals surface area contributed by atoms with E-state index in [4.69, 9.17) is 15.0 Å². The zero-order valence-electron chi connectivity index (χ0n) is 64.4. The summed E-state index contributed by atoms with van der Waals surface area (Å²) >= 11 is 5.38. The molecule has 118 heavy (non-hydrogen) atoms. The van der Waals surface area contributed by atoms with Gasteiger partial charge in [-0.15, -0.1) is 34.0 Å². The van der Waals surface area contributed by atoms with Crippen LogP contribution < -0.4 is 0 Å². The Hall–Kier alpha value is -14.1. The van der Waals surface area contributed by atoms with Crippen LogP contribution in [0.5, 0.6) is 0 Å².